The van der Waals surface area contributed by atoms with E-state index in [4.69, 9.17) is 0 Å². The number of hydrogen-bond acceptors (Lipinski definition) is 5. The van der Waals surface area contributed by atoms with E-state index in [1.807, 2.05) is 37.3 Å². The third kappa shape index (κ3) is 5.72. The van der Waals surface area contributed by atoms with Crippen molar-refractivity contribution in [1.82, 2.24) is 10.6 Å². The summed E-state index contributed by atoms with van der Waals surface area (Å²) < 4.78 is 24.2. The van der Waals surface area contributed by atoms with Crippen LogP contribution in [0.25, 0.3) is 11.1 Å². The zero-order valence-corrected chi connectivity index (χ0v) is 18.8. The molecule has 1 aliphatic rings. The minimum absolute atomic E-state index is 0.0773. The minimum Gasteiger partial charge on any atom is -0.339 e. The molecule has 0 aliphatic carbocycles. The number of benzene rings is 2. The van der Waals surface area contributed by atoms with Crippen molar-refractivity contribution >= 4 is 15.7 Å². The summed E-state index contributed by atoms with van der Waals surface area (Å²) in [5, 5.41) is 15.5. The molecule has 0 aromatic heterocycles. The average molecular weight is 440 g/mol. The van der Waals surface area contributed by atoms with E-state index in [0.717, 1.165) is 48.1 Å². The molecule has 0 saturated carbocycles. The molecular weight excluding hydrogens is 410 g/mol. The third-order valence-corrected chi connectivity index (χ3v) is 7.47. The van der Waals surface area contributed by atoms with Crippen molar-refractivity contribution in [3.63, 3.8) is 0 Å². The first kappa shape index (κ1) is 23.0. The van der Waals surface area contributed by atoms with Gasteiger partial charge in [0.05, 0.1) is 22.8 Å². The molecular formula is C24H29N3O3S. The molecule has 7 heteroatoms. The molecule has 0 spiro atoms. The van der Waals surface area contributed by atoms with Crippen LogP contribution in [-0.2, 0) is 21.1 Å². The predicted octanol–water partition coefficient (Wildman–Crippen LogP) is 3.15. The van der Waals surface area contributed by atoms with Crippen molar-refractivity contribution in [1.29, 1.82) is 5.26 Å². The smallest absolute Gasteiger partial charge is 0.238 e. The van der Waals surface area contributed by atoms with E-state index in [-0.39, 0.29) is 17.7 Å². The Morgan fingerprint density at radius 1 is 1.23 bits per heavy atom. The number of piperidine rings is 1. The monoisotopic (exact) mass is 439 g/mol. The standard InChI is InChI=1S/C24H29N3O3S/c1-3-31(29,30)21-11-12-22(17(2)14-21)19-9-7-18(8-10-19)15-20(16-25)27-24(28)23-6-4-5-13-26-23/h7-12,14,20,23,26H,3-6,13,15H2,1-2H3,(H,27,28)/t20-,23?/m0/s1. The molecule has 2 N–H and O–H groups in total. The van der Waals surface area contributed by atoms with Crippen LogP contribution in [-0.4, -0.2) is 38.7 Å². The summed E-state index contributed by atoms with van der Waals surface area (Å²) >= 11 is 0. The molecule has 1 fully saturated rings. The molecule has 0 radical (unpaired) electrons. The molecule has 3 rings (SSSR count). The van der Waals surface area contributed by atoms with Gasteiger partial charge in [-0.3, -0.25) is 4.79 Å². The summed E-state index contributed by atoms with van der Waals surface area (Å²) in [6, 6.07) is 14.4. The lowest BCUT2D eigenvalue weighted by atomic mass is 9.98. The van der Waals surface area contributed by atoms with Gasteiger partial charge in [0.15, 0.2) is 9.84 Å². The van der Waals surface area contributed by atoms with Gasteiger partial charge in [-0.1, -0.05) is 43.7 Å². The molecule has 164 valence electrons. The Kier molecular flexibility index (Phi) is 7.47. The quantitative estimate of drug-likeness (QED) is 0.690. The zero-order valence-electron chi connectivity index (χ0n) is 18.0. The van der Waals surface area contributed by atoms with Gasteiger partial charge in [-0.25, -0.2) is 8.42 Å². The van der Waals surface area contributed by atoms with E-state index < -0.39 is 15.9 Å². The van der Waals surface area contributed by atoms with Gasteiger partial charge < -0.3 is 10.6 Å². The second-order valence-corrected chi connectivity index (χ2v) is 10.3. The number of rotatable bonds is 7. The largest absolute Gasteiger partial charge is 0.339 e. The zero-order chi connectivity index (χ0) is 22.4. The fourth-order valence-corrected chi connectivity index (χ4v) is 4.82. The summed E-state index contributed by atoms with van der Waals surface area (Å²) in [6.45, 7) is 4.37. The number of carbonyl (C=O) groups is 1. The van der Waals surface area contributed by atoms with Crippen molar-refractivity contribution < 1.29 is 13.2 Å². The van der Waals surface area contributed by atoms with Crippen LogP contribution in [0.2, 0.25) is 0 Å². The molecule has 1 unspecified atom stereocenters. The van der Waals surface area contributed by atoms with Crippen LogP contribution < -0.4 is 10.6 Å². The van der Waals surface area contributed by atoms with Gasteiger partial charge in [-0.15, -0.1) is 0 Å². The topological polar surface area (TPSA) is 99.1 Å². The predicted molar refractivity (Wildman–Crippen MR) is 121 cm³/mol. The van der Waals surface area contributed by atoms with Gasteiger partial charge in [0.2, 0.25) is 5.91 Å². The van der Waals surface area contributed by atoms with Gasteiger partial charge in [0.25, 0.3) is 0 Å². The highest BCUT2D eigenvalue weighted by Crippen LogP contribution is 2.26. The number of carbonyl (C=O) groups excluding carboxylic acids is 1. The van der Waals surface area contributed by atoms with Gasteiger partial charge in [-0.2, -0.15) is 5.26 Å². The summed E-state index contributed by atoms with van der Waals surface area (Å²) in [5.74, 6) is -0.0333. The number of aryl methyl sites for hydroxylation is 1. The van der Waals surface area contributed by atoms with Gasteiger partial charge in [0.1, 0.15) is 6.04 Å². The van der Waals surface area contributed by atoms with Crippen molar-refractivity contribution in [2.24, 2.45) is 0 Å². The van der Waals surface area contributed by atoms with Gasteiger partial charge in [0, 0.05) is 6.42 Å². The molecule has 2 aromatic carbocycles. The first-order chi connectivity index (χ1) is 14.8. The number of nitrogens with zero attached hydrogens (tertiary/aromatic N) is 1. The average Bonchev–Trinajstić information content (AvgIpc) is 2.79. The molecule has 1 aliphatic heterocycles. The van der Waals surface area contributed by atoms with E-state index in [9.17, 15) is 18.5 Å². The summed E-state index contributed by atoms with van der Waals surface area (Å²) in [7, 11) is -3.23. The second kappa shape index (κ2) is 10.1. The maximum atomic E-state index is 12.4. The van der Waals surface area contributed by atoms with Crippen molar-refractivity contribution in [2.45, 2.75) is 56.5 Å². The maximum absolute atomic E-state index is 12.4. The van der Waals surface area contributed by atoms with E-state index in [1.165, 1.54) is 0 Å². The first-order valence-corrected chi connectivity index (χ1v) is 12.4. The first-order valence-electron chi connectivity index (χ1n) is 10.7. The van der Waals surface area contributed by atoms with Crippen LogP contribution in [0.1, 0.15) is 37.3 Å². The second-order valence-electron chi connectivity index (χ2n) is 7.97. The van der Waals surface area contributed by atoms with E-state index in [1.54, 1.807) is 19.1 Å². The van der Waals surface area contributed by atoms with Crippen LogP contribution in [0, 0.1) is 18.3 Å². The van der Waals surface area contributed by atoms with Crippen molar-refractivity contribution in [3.8, 4) is 17.2 Å². The molecule has 31 heavy (non-hydrogen) atoms. The van der Waals surface area contributed by atoms with E-state index in [0.29, 0.717) is 11.3 Å². The Balaban J connectivity index is 1.68. The molecule has 6 nitrogen and oxygen atoms in total. The van der Waals surface area contributed by atoms with Crippen LogP contribution >= 0.6 is 0 Å². The van der Waals surface area contributed by atoms with Crippen LogP contribution in [0.4, 0.5) is 0 Å². The summed E-state index contributed by atoms with van der Waals surface area (Å²) in [4.78, 5) is 12.7. The molecule has 1 amide bonds. The Bertz CT molecular complexity index is 1070. The Morgan fingerprint density at radius 3 is 2.55 bits per heavy atom. The fraction of sp³-hybridized carbons (Fsp3) is 0.417. The lowest BCUT2D eigenvalue weighted by Gasteiger charge is -2.23. The van der Waals surface area contributed by atoms with Crippen LogP contribution in [0.3, 0.4) is 0 Å². The number of nitriles is 1. The fourth-order valence-electron chi connectivity index (χ4n) is 3.85. The van der Waals surface area contributed by atoms with Crippen LogP contribution in [0.15, 0.2) is 47.4 Å². The maximum Gasteiger partial charge on any atom is 0.238 e. The SMILES string of the molecule is CCS(=O)(=O)c1ccc(-c2ccc(C[C@@H](C#N)NC(=O)C3CCCCN3)cc2)c(C)c1. The van der Waals surface area contributed by atoms with Gasteiger partial charge >= 0.3 is 0 Å². The number of hydrogen-bond donors (Lipinski definition) is 2. The Morgan fingerprint density at radius 2 is 1.97 bits per heavy atom. The van der Waals surface area contributed by atoms with E-state index in [2.05, 4.69) is 16.7 Å². The number of amides is 1. The van der Waals surface area contributed by atoms with Crippen molar-refractivity contribution in [2.75, 3.05) is 12.3 Å². The van der Waals surface area contributed by atoms with Crippen LogP contribution in [0.5, 0.6) is 0 Å². The lowest BCUT2D eigenvalue weighted by molar-refractivity contribution is -0.124. The highest BCUT2D eigenvalue weighted by Gasteiger charge is 2.23. The van der Waals surface area contributed by atoms with Gasteiger partial charge in [-0.05, 0) is 60.7 Å². The number of sulfone groups is 1. The molecule has 2 aromatic rings. The molecule has 1 heterocycles. The highest BCUT2D eigenvalue weighted by molar-refractivity contribution is 7.91. The molecule has 0 bridgehead atoms. The van der Waals surface area contributed by atoms with Crippen molar-refractivity contribution in [3.05, 3.63) is 53.6 Å². The summed E-state index contributed by atoms with van der Waals surface area (Å²) in [5.41, 5.74) is 3.79. The highest BCUT2D eigenvalue weighted by atomic mass is 32.2. The lowest BCUT2D eigenvalue weighted by Crippen LogP contribution is -2.49. The van der Waals surface area contributed by atoms with E-state index >= 15 is 0 Å². The normalized spacial score (nSPS) is 17.5. The Hall–Kier alpha value is -2.69. The third-order valence-electron chi connectivity index (χ3n) is 5.74. The molecule has 1 saturated heterocycles. The minimum atomic E-state index is -3.23. The summed E-state index contributed by atoms with van der Waals surface area (Å²) in [6.07, 6.45) is 3.33. The number of nitrogens with one attached hydrogen (secondary N) is 2. The molecule has 2 atom stereocenters. The Labute approximate surface area is 184 Å².